The second-order valence-corrected chi connectivity index (χ2v) is 2.36. The van der Waals surface area contributed by atoms with Crippen LogP contribution in [0.4, 0.5) is 8.78 Å². The van der Waals surface area contributed by atoms with Gasteiger partial charge in [0.25, 0.3) is 0 Å². The van der Waals surface area contributed by atoms with Gasteiger partial charge < -0.3 is 9.47 Å². The van der Waals surface area contributed by atoms with E-state index in [0.717, 1.165) is 0 Å². The van der Waals surface area contributed by atoms with Crippen molar-refractivity contribution in [1.29, 1.82) is 0 Å². The highest BCUT2D eigenvalue weighted by Gasteiger charge is 2.48. The highest BCUT2D eigenvalue weighted by molar-refractivity contribution is 6.05. The normalized spacial score (nSPS) is 11.1. The predicted octanol–water partition coefficient (Wildman–Crippen LogP) is 0.790. The van der Waals surface area contributed by atoms with Gasteiger partial charge in [0.2, 0.25) is 5.78 Å². The third-order valence-corrected chi connectivity index (χ3v) is 1.32. The maximum Gasteiger partial charge on any atom is 0.402 e. The van der Waals surface area contributed by atoms with Gasteiger partial charge in [0.1, 0.15) is 6.61 Å². The van der Waals surface area contributed by atoms with Crippen molar-refractivity contribution >= 4 is 11.8 Å². The molecule has 0 saturated heterocycles. The van der Waals surface area contributed by atoms with E-state index >= 15 is 0 Å². The summed E-state index contributed by atoms with van der Waals surface area (Å²) in [6.45, 7) is 2.07. The molecule has 0 spiro atoms. The minimum atomic E-state index is -4.11. The first-order chi connectivity index (χ1) is 6.46. The summed E-state index contributed by atoms with van der Waals surface area (Å²) >= 11 is 0. The van der Waals surface area contributed by atoms with Crippen molar-refractivity contribution in [3.63, 3.8) is 0 Å². The van der Waals surface area contributed by atoms with Crippen LogP contribution in [-0.2, 0) is 19.1 Å². The monoisotopic (exact) mass is 210 g/mol. The molecule has 0 aromatic rings. The second kappa shape index (κ2) is 5.64. The number of ether oxygens (including phenoxy) is 2. The first-order valence-electron chi connectivity index (χ1n) is 4.12. The highest BCUT2D eigenvalue weighted by atomic mass is 19.3. The molecule has 0 aliphatic carbocycles. The van der Waals surface area contributed by atoms with Gasteiger partial charge in [-0.2, -0.15) is 8.78 Å². The van der Waals surface area contributed by atoms with Crippen molar-refractivity contribution in [2.24, 2.45) is 0 Å². The van der Waals surface area contributed by atoms with E-state index in [1.165, 1.54) is 6.92 Å². The Bertz CT molecular complexity index is 215. The van der Waals surface area contributed by atoms with Crippen molar-refractivity contribution < 1.29 is 27.8 Å². The van der Waals surface area contributed by atoms with Crippen molar-refractivity contribution in [2.75, 3.05) is 19.8 Å². The van der Waals surface area contributed by atoms with Crippen molar-refractivity contribution in [3.8, 4) is 0 Å². The molecule has 0 heterocycles. The van der Waals surface area contributed by atoms with E-state index in [4.69, 9.17) is 0 Å². The lowest BCUT2D eigenvalue weighted by molar-refractivity contribution is -0.178. The maximum absolute atomic E-state index is 12.8. The quantitative estimate of drug-likeness (QED) is 0.480. The van der Waals surface area contributed by atoms with E-state index in [1.807, 2.05) is 0 Å². The molecule has 0 unspecified atom stereocenters. The van der Waals surface area contributed by atoms with Gasteiger partial charge >= 0.3 is 11.9 Å². The minimum absolute atomic E-state index is 0.130. The van der Waals surface area contributed by atoms with Crippen LogP contribution in [0, 0.1) is 0 Å². The smallest absolute Gasteiger partial charge is 0.402 e. The Labute approximate surface area is 80.2 Å². The van der Waals surface area contributed by atoms with E-state index in [-0.39, 0.29) is 13.2 Å². The Hall–Kier alpha value is -1.04. The maximum atomic E-state index is 12.8. The summed E-state index contributed by atoms with van der Waals surface area (Å²) in [4.78, 5) is 21.4. The number of carbonyl (C=O) groups is 2. The number of ketones is 1. The Morgan fingerprint density at radius 1 is 1.21 bits per heavy atom. The molecule has 0 N–H and O–H groups in total. The molecule has 0 aliphatic heterocycles. The SMILES string of the molecule is CCOCC(=O)C(F)(F)C(=O)OCC. The Morgan fingerprint density at radius 2 is 1.79 bits per heavy atom. The van der Waals surface area contributed by atoms with E-state index in [2.05, 4.69) is 9.47 Å². The summed E-state index contributed by atoms with van der Waals surface area (Å²) in [5, 5.41) is 0. The largest absolute Gasteiger partial charge is 0.461 e. The van der Waals surface area contributed by atoms with Crippen LogP contribution in [0.15, 0.2) is 0 Å². The fraction of sp³-hybridized carbons (Fsp3) is 0.750. The molecule has 0 amide bonds. The lowest BCUT2D eigenvalue weighted by Crippen LogP contribution is -2.41. The average Bonchev–Trinajstić information content (AvgIpc) is 2.14. The molecule has 0 fully saturated rings. The summed E-state index contributed by atoms with van der Waals surface area (Å²) in [7, 11) is 0. The molecule has 14 heavy (non-hydrogen) atoms. The van der Waals surface area contributed by atoms with Crippen LogP contribution in [0.3, 0.4) is 0 Å². The van der Waals surface area contributed by atoms with Gasteiger partial charge in [-0.15, -0.1) is 0 Å². The van der Waals surface area contributed by atoms with Crippen LogP contribution in [0.2, 0.25) is 0 Å². The number of carbonyl (C=O) groups excluding carboxylic acids is 2. The zero-order valence-electron chi connectivity index (χ0n) is 8.01. The highest BCUT2D eigenvalue weighted by Crippen LogP contribution is 2.17. The van der Waals surface area contributed by atoms with E-state index in [0.29, 0.717) is 0 Å². The van der Waals surface area contributed by atoms with Gasteiger partial charge in [0.15, 0.2) is 0 Å². The molecule has 0 atom stereocenters. The van der Waals surface area contributed by atoms with Crippen molar-refractivity contribution in [1.82, 2.24) is 0 Å². The fourth-order valence-electron chi connectivity index (χ4n) is 0.621. The first kappa shape index (κ1) is 13.0. The molecule has 0 aromatic heterocycles. The summed E-state index contributed by atoms with van der Waals surface area (Å²) in [6.07, 6.45) is 0. The molecule has 0 saturated carbocycles. The number of alkyl halides is 2. The van der Waals surface area contributed by atoms with Crippen LogP contribution in [-0.4, -0.2) is 37.5 Å². The molecule has 0 aromatic carbocycles. The summed E-state index contributed by atoms with van der Waals surface area (Å²) in [5.74, 6) is -7.52. The molecule has 4 nitrogen and oxygen atoms in total. The van der Waals surface area contributed by atoms with E-state index in [9.17, 15) is 18.4 Å². The van der Waals surface area contributed by atoms with Gasteiger partial charge in [-0.3, -0.25) is 4.79 Å². The topological polar surface area (TPSA) is 52.6 Å². The Morgan fingerprint density at radius 3 is 2.21 bits per heavy atom. The number of hydrogen-bond donors (Lipinski definition) is 0. The van der Waals surface area contributed by atoms with Crippen molar-refractivity contribution in [2.45, 2.75) is 19.8 Å². The molecule has 0 bridgehead atoms. The molecular formula is C8H12F2O4. The standard InChI is InChI=1S/C8H12F2O4/c1-3-13-5-6(11)8(9,10)7(12)14-4-2/h3-5H2,1-2H3. The molecule has 0 radical (unpaired) electrons. The number of rotatable bonds is 6. The van der Waals surface area contributed by atoms with Crippen LogP contribution >= 0.6 is 0 Å². The van der Waals surface area contributed by atoms with Crippen molar-refractivity contribution in [3.05, 3.63) is 0 Å². The third-order valence-electron chi connectivity index (χ3n) is 1.32. The minimum Gasteiger partial charge on any atom is -0.461 e. The van der Waals surface area contributed by atoms with Gasteiger partial charge in [-0.25, -0.2) is 4.79 Å². The van der Waals surface area contributed by atoms with E-state index in [1.54, 1.807) is 6.92 Å². The summed E-state index contributed by atoms with van der Waals surface area (Å²) in [5.41, 5.74) is 0. The fourth-order valence-corrected chi connectivity index (χ4v) is 0.621. The van der Waals surface area contributed by atoms with Gasteiger partial charge in [-0.1, -0.05) is 0 Å². The first-order valence-corrected chi connectivity index (χ1v) is 4.12. The third kappa shape index (κ3) is 3.37. The van der Waals surface area contributed by atoms with Gasteiger partial charge in [-0.05, 0) is 13.8 Å². The number of Topliss-reactive ketones (excluding diaryl/α,β-unsaturated/α-hetero) is 1. The second-order valence-electron chi connectivity index (χ2n) is 2.36. The molecule has 82 valence electrons. The molecule has 0 rings (SSSR count). The van der Waals surface area contributed by atoms with Crippen LogP contribution in [0.5, 0.6) is 0 Å². The molecule has 6 heteroatoms. The van der Waals surface area contributed by atoms with E-state index < -0.39 is 24.3 Å². The Balaban J connectivity index is 4.28. The predicted molar refractivity (Wildman–Crippen MR) is 43.1 cm³/mol. The van der Waals surface area contributed by atoms with Gasteiger partial charge in [0, 0.05) is 6.61 Å². The summed E-state index contributed by atoms with van der Waals surface area (Å²) < 4.78 is 34.1. The van der Waals surface area contributed by atoms with Crippen LogP contribution in [0.25, 0.3) is 0 Å². The Kier molecular flexibility index (Phi) is 5.22. The van der Waals surface area contributed by atoms with Crippen LogP contribution < -0.4 is 0 Å². The molecule has 0 aliphatic rings. The van der Waals surface area contributed by atoms with Gasteiger partial charge in [0.05, 0.1) is 6.61 Å². The number of hydrogen-bond acceptors (Lipinski definition) is 4. The number of esters is 1. The lowest BCUT2D eigenvalue weighted by atomic mass is 10.2. The van der Waals surface area contributed by atoms with Crippen LogP contribution in [0.1, 0.15) is 13.8 Å². The zero-order chi connectivity index (χ0) is 11.2. The lowest BCUT2D eigenvalue weighted by Gasteiger charge is -2.12. The average molecular weight is 210 g/mol. The molecular weight excluding hydrogens is 198 g/mol. The zero-order valence-corrected chi connectivity index (χ0v) is 8.01. The summed E-state index contributed by atoms with van der Waals surface area (Å²) in [6, 6.07) is 0. The number of halogens is 2.